The summed E-state index contributed by atoms with van der Waals surface area (Å²) in [6.45, 7) is 12.9. The van der Waals surface area contributed by atoms with Crippen LogP contribution in [0.2, 0.25) is 0 Å². The highest BCUT2D eigenvalue weighted by Gasteiger charge is 2.35. The molecule has 1 aliphatic rings. The summed E-state index contributed by atoms with van der Waals surface area (Å²) < 4.78 is 11.3. The van der Waals surface area contributed by atoms with E-state index >= 15 is 0 Å². The first-order chi connectivity index (χ1) is 10.3. The first-order valence-electron chi connectivity index (χ1n) is 7.53. The minimum absolute atomic E-state index is 0.363. The van der Waals surface area contributed by atoms with E-state index in [4.69, 9.17) is 9.47 Å². The fourth-order valence-electron chi connectivity index (χ4n) is 2.17. The highest BCUT2D eigenvalue weighted by molar-refractivity contribution is 5.75. The Bertz CT molecular complexity index is 560. The molecule has 2 heterocycles. The van der Waals surface area contributed by atoms with Crippen LogP contribution in [-0.2, 0) is 9.53 Å². The van der Waals surface area contributed by atoms with Crippen molar-refractivity contribution in [3.05, 3.63) is 30.1 Å². The number of ether oxygens (including phenoxy) is 2. The summed E-state index contributed by atoms with van der Waals surface area (Å²) in [5, 5.41) is 0. The molecular weight excluding hydrogens is 280 g/mol. The van der Waals surface area contributed by atoms with Gasteiger partial charge in [0.1, 0.15) is 11.4 Å². The second kappa shape index (κ2) is 6.48. The summed E-state index contributed by atoms with van der Waals surface area (Å²) in [7, 11) is 0. The molecule has 5 heteroatoms. The first-order valence-corrected chi connectivity index (χ1v) is 7.53. The molecule has 0 saturated carbocycles. The molecule has 22 heavy (non-hydrogen) atoms. The molecule has 1 aromatic heterocycles. The van der Waals surface area contributed by atoms with Gasteiger partial charge in [0, 0.05) is 13.1 Å². The van der Waals surface area contributed by atoms with Gasteiger partial charge in [-0.2, -0.15) is 0 Å². The summed E-state index contributed by atoms with van der Waals surface area (Å²) in [6.07, 6.45) is 3.65. The van der Waals surface area contributed by atoms with Crippen molar-refractivity contribution >= 4 is 12.0 Å². The van der Waals surface area contributed by atoms with E-state index in [0.29, 0.717) is 5.75 Å². The van der Waals surface area contributed by atoms with Gasteiger partial charge in [0.05, 0.1) is 11.9 Å². The lowest BCUT2D eigenvalue weighted by atomic mass is 10.2. The lowest BCUT2D eigenvalue weighted by Crippen LogP contribution is -2.53. The van der Waals surface area contributed by atoms with Crippen molar-refractivity contribution in [1.82, 2.24) is 9.88 Å². The van der Waals surface area contributed by atoms with Crippen LogP contribution in [0.25, 0.3) is 6.08 Å². The van der Waals surface area contributed by atoms with E-state index in [1.165, 1.54) is 0 Å². The predicted octanol–water partition coefficient (Wildman–Crippen LogP) is 2.79. The number of carbonyl (C=O) groups excluding carboxylic acids is 1. The van der Waals surface area contributed by atoms with Gasteiger partial charge in [0.15, 0.2) is 0 Å². The minimum atomic E-state index is -0.719. The molecular formula is C17H24N2O3. The van der Waals surface area contributed by atoms with E-state index in [-0.39, 0.29) is 5.97 Å². The summed E-state index contributed by atoms with van der Waals surface area (Å²) >= 11 is 0. The molecule has 0 amide bonds. The zero-order valence-electron chi connectivity index (χ0n) is 13.8. The molecule has 1 unspecified atom stereocenters. The molecule has 1 fully saturated rings. The molecule has 1 saturated heterocycles. The normalized spacial score (nSPS) is 16.5. The topological polar surface area (TPSA) is 51.7 Å². The number of hydrogen-bond acceptors (Lipinski definition) is 5. The summed E-state index contributed by atoms with van der Waals surface area (Å²) in [5.74, 6) is 0.198. The molecule has 2 rings (SSSR count). The molecule has 5 nitrogen and oxygen atoms in total. The number of aromatic nitrogens is 1. The fourth-order valence-corrected chi connectivity index (χ4v) is 2.17. The maximum Gasteiger partial charge on any atom is 0.363 e. The number of likely N-dealkylation sites (tertiary alicyclic amines) is 1. The van der Waals surface area contributed by atoms with Crippen LogP contribution in [0.3, 0.4) is 0 Å². The Morgan fingerprint density at radius 1 is 1.45 bits per heavy atom. The van der Waals surface area contributed by atoms with Gasteiger partial charge in [-0.05, 0) is 51.8 Å². The fraction of sp³-hybridized carbons (Fsp3) is 0.529. The first kappa shape index (κ1) is 16.5. The number of carbonyl (C=O) groups is 1. The number of nitrogens with zero attached hydrogens (tertiary/aromatic N) is 2. The third-order valence-electron chi connectivity index (χ3n) is 3.37. The van der Waals surface area contributed by atoms with Gasteiger partial charge < -0.3 is 9.47 Å². The Morgan fingerprint density at radius 2 is 2.14 bits per heavy atom. The smallest absolute Gasteiger partial charge is 0.363 e. The molecule has 1 aliphatic heterocycles. The number of pyridine rings is 1. The van der Waals surface area contributed by atoms with E-state index in [2.05, 4.69) is 11.6 Å². The second-order valence-corrected chi connectivity index (χ2v) is 6.47. The van der Waals surface area contributed by atoms with Crippen molar-refractivity contribution in [2.45, 2.75) is 45.9 Å². The van der Waals surface area contributed by atoms with Crippen LogP contribution in [-0.4, -0.2) is 40.8 Å². The number of aryl methyl sites for hydroxylation is 1. The van der Waals surface area contributed by atoms with Crippen LogP contribution >= 0.6 is 0 Å². The van der Waals surface area contributed by atoms with Crippen LogP contribution in [0.15, 0.2) is 18.8 Å². The average Bonchev–Trinajstić information content (AvgIpc) is 2.34. The molecule has 0 radical (unpaired) electrons. The quantitative estimate of drug-likeness (QED) is 0.783. The monoisotopic (exact) mass is 304 g/mol. The van der Waals surface area contributed by atoms with E-state index in [0.717, 1.165) is 30.8 Å². The van der Waals surface area contributed by atoms with Crippen molar-refractivity contribution in [1.29, 1.82) is 0 Å². The number of hydrogen-bond donors (Lipinski definition) is 0. The number of esters is 1. The standard InChI is InChI=1S/C17H24N2O3/c1-6-14-12(2)10-13(11-18-14)21-15(19-8-7-9-19)16(20)22-17(3,4)5/h6,10-11,15H,1,7-9H2,2-5H3. The summed E-state index contributed by atoms with van der Waals surface area (Å²) in [5.41, 5.74) is 1.23. The SMILES string of the molecule is C=Cc1ncc(OC(C(=O)OC(C)(C)C)N2CCC2)cc1C. The molecule has 1 aromatic rings. The molecule has 0 spiro atoms. The average molecular weight is 304 g/mol. The number of rotatable bonds is 5. The van der Waals surface area contributed by atoms with Crippen LogP contribution in [0.4, 0.5) is 0 Å². The summed E-state index contributed by atoms with van der Waals surface area (Å²) in [4.78, 5) is 18.6. The van der Waals surface area contributed by atoms with Gasteiger partial charge in [-0.1, -0.05) is 6.58 Å². The van der Waals surface area contributed by atoms with Crippen molar-refractivity contribution in [2.75, 3.05) is 13.1 Å². The highest BCUT2D eigenvalue weighted by atomic mass is 16.6. The Kier molecular flexibility index (Phi) is 4.86. The van der Waals surface area contributed by atoms with Gasteiger partial charge in [-0.25, -0.2) is 4.79 Å². The van der Waals surface area contributed by atoms with Crippen LogP contribution in [0.5, 0.6) is 5.75 Å². The van der Waals surface area contributed by atoms with Crippen molar-refractivity contribution in [3.63, 3.8) is 0 Å². The Balaban J connectivity index is 2.14. The Labute approximate surface area is 131 Å². The van der Waals surface area contributed by atoms with Gasteiger partial charge in [0.25, 0.3) is 6.23 Å². The maximum absolute atomic E-state index is 12.4. The lowest BCUT2D eigenvalue weighted by Gasteiger charge is -2.37. The van der Waals surface area contributed by atoms with E-state index in [1.807, 2.05) is 38.7 Å². The van der Waals surface area contributed by atoms with Crippen molar-refractivity contribution < 1.29 is 14.3 Å². The zero-order chi connectivity index (χ0) is 16.3. The third kappa shape index (κ3) is 4.07. The van der Waals surface area contributed by atoms with E-state index < -0.39 is 11.8 Å². The molecule has 0 aromatic carbocycles. The van der Waals surface area contributed by atoms with Crippen LogP contribution in [0.1, 0.15) is 38.4 Å². The second-order valence-electron chi connectivity index (χ2n) is 6.47. The highest BCUT2D eigenvalue weighted by Crippen LogP contribution is 2.22. The van der Waals surface area contributed by atoms with Gasteiger partial charge in [-0.3, -0.25) is 9.88 Å². The molecule has 0 bridgehead atoms. The van der Waals surface area contributed by atoms with Crippen LogP contribution < -0.4 is 4.74 Å². The molecule has 120 valence electrons. The summed E-state index contributed by atoms with van der Waals surface area (Å²) in [6, 6.07) is 1.86. The molecule has 1 atom stereocenters. The van der Waals surface area contributed by atoms with Crippen molar-refractivity contribution in [2.24, 2.45) is 0 Å². The largest absolute Gasteiger partial charge is 0.462 e. The van der Waals surface area contributed by atoms with Gasteiger partial charge in [0.2, 0.25) is 0 Å². The maximum atomic E-state index is 12.4. The lowest BCUT2D eigenvalue weighted by molar-refractivity contribution is -0.176. The van der Waals surface area contributed by atoms with Gasteiger partial charge >= 0.3 is 5.97 Å². The Morgan fingerprint density at radius 3 is 2.59 bits per heavy atom. The third-order valence-corrected chi connectivity index (χ3v) is 3.37. The van der Waals surface area contributed by atoms with Gasteiger partial charge in [-0.15, -0.1) is 0 Å². The van der Waals surface area contributed by atoms with Crippen LogP contribution in [0, 0.1) is 6.92 Å². The molecule has 0 N–H and O–H groups in total. The minimum Gasteiger partial charge on any atom is -0.462 e. The van der Waals surface area contributed by atoms with E-state index in [1.54, 1.807) is 12.3 Å². The predicted molar refractivity (Wildman–Crippen MR) is 85.5 cm³/mol. The van der Waals surface area contributed by atoms with Crippen molar-refractivity contribution in [3.8, 4) is 5.75 Å². The molecule has 0 aliphatic carbocycles. The van der Waals surface area contributed by atoms with E-state index in [9.17, 15) is 4.79 Å². The Hall–Kier alpha value is -1.88. The zero-order valence-corrected chi connectivity index (χ0v) is 13.8.